The van der Waals surface area contributed by atoms with E-state index in [0.29, 0.717) is 15.8 Å². The molecule has 2 aromatic rings. The molecule has 1 atom stereocenters. The number of hydrogen-bond donors (Lipinski definition) is 2. The van der Waals surface area contributed by atoms with E-state index in [2.05, 4.69) is 10.3 Å². The summed E-state index contributed by atoms with van der Waals surface area (Å²) in [6.07, 6.45) is 0. The summed E-state index contributed by atoms with van der Waals surface area (Å²) in [4.78, 5) is 15.2. The quantitative estimate of drug-likeness (QED) is 0.835. The van der Waals surface area contributed by atoms with Gasteiger partial charge < -0.3 is 14.9 Å². The zero-order valence-corrected chi connectivity index (χ0v) is 12.8. The molecule has 1 aromatic carbocycles. The van der Waals surface area contributed by atoms with Gasteiger partial charge in [0.1, 0.15) is 11.9 Å². The maximum Gasteiger partial charge on any atom is 0.243 e. The summed E-state index contributed by atoms with van der Waals surface area (Å²) in [5.74, 6) is -0.512. The third kappa shape index (κ3) is 2.90. The van der Waals surface area contributed by atoms with Crippen molar-refractivity contribution in [2.75, 3.05) is 0 Å². The maximum absolute atomic E-state index is 13.4. The Morgan fingerprint density at radius 2 is 2.10 bits per heavy atom. The van der Waals surface area contributed by atoms with Crippen LogP contribution in [-0.4, -0.2) is 21.0 Å². The molecule has 0 bridgehead atoms. The van der Waals surface area contributed by atoms with Gasteiger partial charge in [-0.25, -0.2) is 4.39 Å². The molecule has 0 radical (unpaired) electrons. The lowest BCUT2D eigenvalue weighted by atomic mass is 10.1. The highest BCUT2D eigenvalue weighted by Crippen LogP contribution is 2.20. The number of fused-ring (bicyclic) bond motifs is 1. The molecule has 0 aliphatic rings. The van der Waals surface area contributed by atoms with E-state index in [0.717, 1.165) is 0 Å². The van der Waals surface area contributed by atoms with Crippen LogP contribution in [0.2, 0.25) is 0 Å². The van der Waals surface area contributed by atoms with E-state index in [1.54, 1.807) is 17.6 Å². The molecule has 108 valence electrons. The summed E-state index contributed by atoms with van der Waals surface area (Å²) in [7, 11) is 0. The zero-order valence-electron chi connectivity index (χ0n) is 12.0. The number of halogens is 1. The Kier molecular flexibility index (Phi) is 3.69. The van der Waals surface area contributed by atoms with Gasteiger partial charge in [-0.15, -0.1) is 0 Å². The van der Waals surface area contributed by atoms with Gasteiger partial charge in [-0.1, -0.05) is 0 Å². The van der Waals surface area contributed by atoms with Crippen molar-refractivity contribution < 1.29 is 9.18 Å². The lowest BCUT2D eigenvalue weighted by Gasteiger charge is -2.24. The first-order valence-corrected chi connectivity index (χ1v) is 6.81. The van der Waals surface area contributed by atoms with Crippen molar-refractivity contribution in [1.29, 1.82) is 0 Å². The zero-order chi connectivity index (χ0) is 15.1. The SMILES string of the molecule is CC(C(=O)NC(C)(C)C)n1c(=S)[nH]c2ccc(F)cc21. The fraction of sp³-hybridized carbons (Fsp3) is 0.429. The van der Waals surface area contributed by atoms with Crippen molar-refractivity contribution in [1.82, 2.24) is 14.9 Å². The van der Waals surface area contributed by atoms with Crippen LogP contribution in [-0.2, 0) is 4.79 Å². The number of nitrogens with one attached hydrogen (secondary N) is 2. The molecule has 0 saturated heterocycles. The molecular weight excluding hydrogens is 277 g/mol. The van der Waals surface area contributed by atoms with Gasteiger partial charge in [0.2, 0.25) is 5.91 Å². The largest absolute Gasteiger partial charge is 0.350 e. The summed E-state index contributed by atoms with van der Waals surface area (Å²) in [5.41, 5.74) is 0.976. The van der Waals surface area contributed by atoms with Crippen molar-refractivity contribution in [3.05, 3.63) is 28.8 Å². The molecule has 0 fully saturated rings. The summed E-state index contributed by atoms with van der Waals surface area (Å²) < 4.78 is 15.4. The minimum atomic E-state index is -0.516. The fourth-order valence-electron chi connectivity index (χ4n) is 2.07. The first-order valence-electron chi connectivity index (χ1n) is 6.41. The van der Waals surface area contributed by atoms with Crippen molar-refractivity contribution >= 4 is 29.2 Å². The van der Waals surface area contributed by atoms with Gasteiger partial charge in [0.05, 0.1) is 11.0 Å². The Balaban J connectivity index is 2.47. The standard InChI is InChI=1S/C14H18FN3OS/c1-8(12(19)17-14(2,3)4)18-11-7-9(15)5-6-10(11)16-13(18)20/h5-8H,1-4H3,(H,16,20)(H,17,19). The van der Waals surface area contributed by atoms with E-state index >= 15 is 0 Å². The number of rotatable bonds is 2. The second kappa shape index (κ2) is 5.01. The van der Waals surface area contributed by atoms with E-state index in [9.17, 15) is 9.18 Å². The molecule has 1 amide bonds. The highest BCUT2D eigenvalue weighted by atomic mass is 32.1. The van der Waals surface area contributed by atoms with Gasteiger partial charge in [0.15, 0.2) is 4.77 Å². The van der Waals surface area contributed by atoms with E-state index in [-0.39, 0.29) is 17.3 Å². The Bertz CT molecular complexity index is 711. The van der Waals surface area contributed by atoms with E-state index in [4.69, 9.17) is 12.2 Å². The summed E-state index contributed by atoms with van der Waals surface area (Å²) in [6, 6.07) is 3.84. The summed E-state index contributed by atoms with van der Waals surface area (Å²) >= 11 is 5.24. The Morgan fingerprint density at radius 1 is 1.45 bits per heavy atom. The van der Waals surface area contributed by atoms with Crippen molar-refractivity contribution in [3.63, 3.8) is 0 Å². The fourth-order valence-corrected chi connectivity index (χ4v) is 2.44. The van der Waals surface area contributed by atoms with E-state index in [1.807, 2.05) is 20.8 Å². The molecule has 0 spiro atoms. The number of benzene rings is 1. The van der Waals surface area contributed by atoms with Crippen LogP contribution in [0, 0.1) is 10.6 Å². The molecule has 20 heavy (non-hydrogen) atoms. The monoisotopic (exact) mass is 295 g/mol. The van der Waals surface area contributed by atoms with Gasteiger partial charge in [-0.3, -0.25) is 4.79 Å². The predicted molar refractivity (Wildman–Crippen MR) is 79.7 cm³/mol. The molecule has 1 unspecified atom stereocenters. The number of carbonyl (C=O) groups is 1. The summed E-state index contributed by atoms with van der Waals surface area (Å²) in [6.45, 7) is 7.47. The normalized spacial score (nSPS) is 13.4. The highest BCUT2D eigenvalue weighted by Gasteiger charge is 2.22. The molecule has 6 heteroatoms. The molecule has 1 heterocycles. The number of aromatic amines is 1. The van der Waals surface area contributed by atoms with Crippen LogP contribution < -0.4 is 5.32 Å². The molecule has 2 N–H and O–H groups in total. The van der Waals surface area contributed by atoms with Crippen molar-refractivity contribution in [2.45, 2.75) is 39.3 Å². The highest BCUT2D eigenvalue weighted by molar-refractivity contribution is 7.71. The van der Waals surface area contributed by atoms with Crippen molar-refractivity contribution in [2.24, 2.45) is 0 Å². The number of H-pyrrole nitrogens is 1. The van der Waals surface area contributed by atoms with E-state index < -0.39 is 6.04 Å². The number of nitrogens with zero attached hydrogens (tertiary/aromatic N) is 1. The lowest BCUT2D eigenvalue weighted by molar-refractivity contribution is -0.125. The topological polar surface area (TPSA) is 49.8 Å². The van der Waals surface area contributed by atoms with Gasteiger partial charge in [0, 0.05) is 5.54 Å². The maximum atomic E-state index is 13.4. The van der Waals surface area contributed by atoms with Gasteiger partial charge in [-0.2, -0.15) is 0 Å². The van der Waals surface area contributed by atoms with Crippen LogP contribution in [0.1, 0.15) is 33.7 Å². The lowest BCUT2D eigenvalue weighted by Crippen LogP contribution is -2.43. The average molecular weight is 295 g/mol. The molecule has 1 aromatic heterocycles. The smallest absolute Gasteiger partial charge is 0.243 e. The first kappa shape index (κ1) is 14.7. The minimum Gasteiger partial charge on any atom is -0.350 e. The Labute approximate surface area is 122 Å². The second-order valence-electron chi connectivity index (χ2n) is 5.88. The molecule has 0 aliphatic carbocycles. The second-order valence-corrected chi connectivity index (χ2v) is 6.26. The number of aromatic nitrogens is 2. The molecule has 0 saturated carbocycles. The van der Waals surface area contributed by atoms with Crippen LogP contribution in [0.4, 0.5) is 4.39 Å². The van der Waals surface area contributed by atoms with Gasteiger partial charge >= 0.3 is 0 Å². The molecule has 2 rings (SSSR count). The molecular formula is C14H18FN3OS. The molecule has 0 aliphatic heterocycles. The van der Waals surface area contributed by atoms with Crippen LogP contribution in [0.15, 0.2) is 18.2 Å². The van der Waals surface area contributed by atoms with Crippen LogP contribution in [0.3, 0.4) is 0 Å². The average Bonchev–Trinajstić information content (AvgIpc) is 2.61. The van der Waals surface area contributed by atoms with Crippen LogP contribution in [0.5, 0.6) is 0 Å². The number of hydrogen-bond acceptors (Lipinski definition) is 2. The number of imidazole rings is 1. The van der Waals surface area contributed by atoms with E-state index in [1.165, 1.54) is 12.1 Å². The first-order chi connectivity index (χ1) is 9.19. The Morgan fingerprint density at radius 3 is 2.70 bits per heavy atom. The van der Waals surface area contributed by atoms with Crippen molar-refractivity contribution in [3.8, 4) is 0 Å². The van der Waals surface area contributed by atoms with Crippen LogP contribution >= 0.6 is 12.2 Å². The third-order valence-corrected chi connectivity index (χ3v) is 3.24. The van der Waals surface area contributed by atoms with Gasteiger partial charge in [0.25, 0.3) is 0 Å². The molecule has 4 nitrogen and oxygen atoms in total. The minimum absolute atomic E-state index is 0.154. The predicted octanol–water partition coefficient (Wildman–Crippen LogP) is 3.31. The van der Waals surface area contributed by atoms with Gasteiger partial charge in [-0.05, 0) is 58.1 Å². The summed E-state index contributed by atoms with van der Waals surface area (Å²) in [5, 5.41) is 2.90. The Hall–Kier alpha value is -1.69. The van der Waals surface area contributed by atoms with Crippen LogP contribution in [0.25, 0.3) is 11.0 Å². The third-order valence-electron chi connectivity index (χ3n) is 2.94. The number of carbonyl (C=O) groups excluding carboxylic acids is 1. The number of amides is 1.